The predicted octanol–water partition coefficient (Wildman–Crippen LogP) is 0.326. The SMILES string of the molecule is NC1=C(C(=O)O)CN(Cc2ccccc2)C1=O. The molecule has 1 amide bonds. The average Bonchev–Trinajstić information content (AvgIpc) is 2.59. The van der Waals surface area contributed by atoms with Gasteiger partial charge in [-0.3, -0.25) is 4.79 Å². The summed E-state index contributed by atoms with van der Waals surface area (Å²) in [5.41, 5.74) is 6.24. The van der Waals surface area contributed by atoms with E-state index in [2.05, 4.69) is 0 Å². The second-order valence-corrected chi connectivity index (χ2v) is 3.84. The van der Waals surface area contributed by atoms with Crippen molar-refractivity contribution in [1.82, 2.24) is 4.90 Å². The number of carboxylic acids is 1. The summed E-state index contributed by atoms with van der Waals surface area (Å²) in [4.78, 5) is 24.0. The van der Waals surface area contributed by atoms with Crippen LogP contribution in [0, 0.1) is 0 Å². The van der Waals surface area contributed by atoms with Crippen LogP contribution in [0.3, 0.4) is 0 Å². The molecule has 1 aliphatic heterocycles. The molecule has 1 aromatic rings. The Balaban J connectivity index is 2.13. The van der Waals surface area contributed by atoms with Crippen molar-refractivity contribution in [3.63, 3.8) is 0 Å². The van der Waals surface area contributed by atoms with E-state index in [9.17, 15) is 9.59 Å². The van der Waals surface area contributed by atoms with Gasteiger partial charge >= 0.3 is 5.97 Å². The van der Waals surface area contributed by atoms with Crippen molar-refractivity contribution in [2.45, 2.75) is 6.54 Å². The number of benzene rings is 1. The van der Waals surface area contributed by atoms with Crippen molar-refractivity contribution >= 4 is 11.9 Å². The van der Waals surface area contributed by atoms with E-state index in [1.54, 1.807) is 0 Å². The first kappa shape index (κ1) is 11.2. The fraction of sp³-hybridized carbons (Fsp3) is 0.167. The summed E-state index contributed by atoms with van der Waals surface area (Å²) in [5.74, 6) is -1.54. The largest absolute Gasteiger partial charge is 0.478 e. The molecule has 0 radical (unpaired) electrons. The minimum atomic E-state index is -1.13. The van der Waals surface area contributed by atoms with Gasteiger partial charge in [-0.2, -0.15) is 0 Å². The molecule has 0 saturated heterocycles. The highest BCUT2D eigenvalue weighted by molar-refractivity contribution is 6.05. The van der Waals surface area contributed by atoms with E-state index in [-0.39, 0.29) is 17.8 Å². The molecule has 0 fully saturated rings. The van der Waals surface area contributed by atoms with Gasteiger partial charge < -0.3 is 15.7 Å². The predicted molar refractivity (Wildman–Crippen MR) is 60.7 cm³/mol. The smallest absolute Gasteiger partial charge is 0.335 e. The highest BCUT2D eigenvalue weighted by atomic mass is 16.4. The van der Waals surface area contributed by atoms with Crippen molar-refractivity contribution in [3.8, 4) is 0 Å². The standard InChI is InChI=1S/C12H12N2O3/c13-10-9(12(16)17)7-14(11(10)15)6-8-4-2-1-3-5-8/h1-5H,6-7,13H2,(H,16,17). The van der Waals surface area contributed by atoms with Gasteiger partial charge in [0.1, 0.15) is 5.70 Å². The molecule has 0 atom stereocenters. The molecule has 2 rings (SSSR count). The third kappa shape index (κ3) is 2.13. The topological polar surface area (TPSA) is 83.6 Å². The first-order valence-electron chi connectivity index (χ1n) is 5.14. The van der Waals surface area contributed by atoms with Crippen LogP contribution in [0.1, 0.15) is 5.56 Å². The summed E-state index contributed by atoms with van der Waals surface area (Å²) < 4.78 is 0. The number of hydrogen-bond donors (Lipinski definition) is 2. The summed E-state index contributed by atoms with van der Waals surface area (Å²) in [6.07, 6.45) is 0. The number of carbonyl (C=O) groups excluding carboxylic acids is 1. The number of carbonyl (C=O) groups is 2. The number of amides is 1. The van der Waals surface area contributed by atoms with Gasteiger partial charge in [0.15, 0.2) is 0 Å². The number of nitrogens with two attached hydrogens (primary N) is 1. The second-order valence-electron chi connectivity index (χ2n) is 3.84. The molecule has 17 heavy (non-hydrogen) atoms. The van der Waals surface area contributed by atoms with Gasteiger partial charge in [0.25, 0.3) is 5.91 Å². The van der Waals surface area contributed by atoms with Crippen LogP contribution in [0.15, 0.2) is 41.6 Å². The van der Waals surface area contributed by atoms with Gasteiger partial charge in [-0.15, -0.1) is 0 Å². The summed E-state index contributed by atoms with van der Waals surface area (Å²) >= 11 is 0. The van der Waals surface area contributed by atoms with Gasteiger partial charge in [0, 0.05) is 6.54 Å². The van der Waals surface area contributed by atoms with Crippen LogP contribution in [-0.2, 0) is 16.1 Å². The quantitative estimate of drug-likeness (QED) is 0.786. The van der Waals surface area contributed by atoms with Gasteiger partial charge in [-0.1, -0.05) is 30.3 Å². The molecule has 0 unspecified atom stereocenters. The average molecular weight is 232 g/mol. The van der Waals surface area contributed by atoms with Gasteiger partial charge in [0.2, 0.25) is 0 Å². The third-order valence-electron chi connectivity index (χ3n) is 2.67. The first-order valence-corrected chi connectivity index (χ1v) is 5.14. The molecular formula is C12H12N2O3. The van der Waals surface area contributed by atoms with Crippen LogP contribution in [-0.4, -0.2) is 28.4 Å². The van der Waals surface area contributed by atoms with Crippen molar-refractivity contribution in [1.29, 1.82) is 0 Å². The third-order valence-corrected chi connectivity index (χ3v) is 2.67. The van der Waals surface area contributed by atoms with Gasteiger partial charge in [-0.05, 0) is 5.56 Å². The molecule has 0 aromatic heterocycles. The summed E-state index contributed by atoms with van der Waals surface area (Å²) in [6.45, 7) is 0.437. The van der Waals surface area contributed by atoms with Crippen LogP contribution < -0.4 is 5.73 Å². The number of hydrogen-bond acceptors (Lipinski definition) is 3. The Bertz CT molecular complexity index is 494. The van der Waals surface area contributed by atoms with E-state index in [0.717, 1.165) is 5.56 Å². The molecule has 5 heteroatoms. The van der Waals surface area contributed by atoms with E-state index in [1.807, 2.05) is 30.3 Å². The molecule has 0 saturated carbocycles. The number of aliphatic carboxylic acids is 1. The lowest BCUT2D eigenvalue weighted by molar-refractivity contribution is -0.132. The zero-order valence-corrected chi connectivity index (χ0v) is 9.09. The van der Waals surface area contributed by atoms with Crippen LogP contribution in [0.5, 0.6) is 0 Å². The van der Waals surface area contributed by atoms with Gasteiger partial charge in [-0.25, -0.2) is 4.79 Å². The summed E-state index contributed by atoms with van der Waals surface area (Å²) in [6, 6.07) is 9.37. The van der Waals surface area contributed by atoms with Crippen LogP contribution in [0.25, 0.3) is 0 Å². The normalized spacial score (nSPS) is 15.5. The van der Waals surface area contributed by atoms with Crippen molar-refractivity contribution in [2.24, 2.45) is 5.73 Å². The number of rotatable bonds is 3. The fourth-order valence-electron chi connectivity index (χ4n) is 1.76. The van der Waals surface area contributed by atoms with E-state index in [4.69, 9.17) is 10.8 Å². The molecular weight excluding hydrogens is 220 g/mol. The summed E-state index contributed by atoms with van der Waals surface area (Å²) in [7, 11) is 0. The molecule has 1 aliphatic rings. The molecule has 1 heterocycles. The van der Waals surface area contributed by atoms with E-state index in [1.165, 1.54) is 4.90 Å². The zero-order chi connectivity index (χ0) is 12.4. The lowest BCUT2D eigenvalue weighted by Gasteiger charge is -2.15. The Hall–Kier alpha value is -2.30. The maximum atomic E-state index is 11.7. The van der Waals surface area contributed by atoms with Crippen molar-refractivity contribution in [3.05, 3.63) is 47.2 Å². The zero-order valence-electron chi connectivity index (χ0n) is 9.09. The Kier molecular flexibility index (Phi) is 2.82. The molecule has 5 nitrogen and oxygen atoms in total. The minimum absolute atomic E-state index is 0.0223. The molecule has 1 aromatic carbocycles. The highest BCUT2D eigenvalue weighted by Gasteiger charge is 2.31. The molecule has 3 N–H and O–H groups in total. The minimum Gasteiger partial charge on any atom is -0.478 e. The maximum absolute atomic E-state index is 11.7. The number of carboxylic acid groups (broad SMARTS) is 1. The Labute approximate surface area is 98.1 Å². The lowest BCUT2D eigenvalue weighted by atomic mass is 10.2. The molecule has 0 bridgehead atoms. The molecule has 88 valence electrons. The van der Waals surface area contributed by atoms with Crippen LogP contribution in [0.2, 0.25) is 0 Å². The lowest BCUT2D eigenvalue weighted by Crippen LogP contribution is -2.28. The summed E-state index contributed by atoms with van der Waals surface area (Å²) in [5, 5.41) is 8.87. The monoisotopic (exact) mass is 232 g/mol. The van der Waals surface area contributed by atoms with Crippen molar-refractivity contribution in [2.75, 3.05) is 6.54 Å². The van der Waals surface area contributed by atoms with E-state index >= 15 is 0 Å². The first-order chi connectivity index (χ1) is 8.09. The highest BCUT2D eigenvalue weighted by Crippen LogP contribution is 2.18. The molecule has 0 aliphatic carbocycles. The van der Waals surface area contributed by atoms with Crippen molar-refractivity contribution < 1.29 is 14.7 Å². The number of nitrogens with zero attached hydrogens (tertiary/aromatic N) is 1. The second kappa shape index (κ2) is 4.29. The Morgan fingerprint density at radius 3 is 2.53 bits per heavy atom. The van der Waals surface area contributed by atoms with Crippen LogP contribution in [0.4, 0.5) is 0 Å². The Morgan fingerprint density at radius 1 is 1.35 bits per heavy atom. The van der Waals surface area contributed by atoms with E-state index in [0.29, 0.717) is 6.54 Å². The Morgan fingerprint density at radius 2 is 2.00 bits per heavy atom. The molecule has 0 spiro atoms. The fourth-order valence-corrected chi connectivity index (χ4v) is 1.76. The van der Waals surface area contributed by atoms with Crippen LogP contribution >= 0.6 is 0 Å². The van der Waals surface area contributed by atoms with E-state index < -0.39 is 11.9 Å². The maximum Gasteiger partial charge on any atom is 0.335 e. The van der Waals surface area contributed by atoms with Gasteiger partial charge in [0.05, 0.1) is 12.1 Å².